The Labute approximate surface area is 122 Å². The summed E-state index contributed by atoms with van der Waals surface area (Å²) >= 11 is 0. The van der Waals surface area contributed by atoms with E-state index in [1.807, 2.05) is 13.1 Å². The van der Waals surface area contributed by atoms with Gasteiger partial charge in [-0.15, -0.1) is 0 Å². The van der Waals surface area contributed by atoms with Gasteiger partial charge in [0.1, 0.15) is 11.4 Å². The summed E-state index contributed by atoms with van der Waals surface area (Å²) in [4.78, 5) is 9.51. The second kappa shape index (κ2) is 6.53. The molecule has 1 aliphatic rings. The standard InChI is InChI=1S/C16H27N3O/c1-12(2)13-11-14(17-3)19-15(18-13)16(20-4)9-7-5-6-8-10-16/h11-12H,5-10H2,1-4H3,(H,17,18,19). The minimum atomic E-state index is -0.299. The fourth-order valence-electron chi connectivity index (χ4n) is 2.91. The average Bonchev–Trinajstić information content (AvgIpc) is 2.73. The van der Waals surface area contributed by atoms with Crippen molar-refractivity contribution in [3.63, 3.8) is 0 Å². The summed E-state index contributed by atoms with van der Waals surface area (Å²) in [5.74, 6) is 2.14. The third-order valence-corrected chi connectivity index (χ3v) is 4.30. The molecule has 1 aliphatic carbocycles. The number of hydrogen-bond donors (Lipinski definition) is 1. The van der Waals surface area contributed by atoms with Crippen molar-refractivity contribution in [3.8, 4) is 0 Å². The molecule has 1 heterocycles. The van der Waals surface area contributed by atoms with Crippen molar-refractivity contribution in [3.05, 3.63) is 17.6 Å². The van der Waals surface area contributed by atoms with Crippen molar-refractivity contribution in [2.75, 3.05) is 19.5 Å². The van der Waals surface area contributed by atoms with Crippen LogP contribution in [0.2, 0.25) is 0 Å². The van der Waals surface area contributed by atoms with E-state index in [1.165, 1.54) is 25.7 Å². The van der Waals surface area contributed by atoms with E-state index in [9.17, 15) is 0 Å². The second-order valence-corrected chi connectivity index (χ2v) is 6.02. The van der Waals surface area contributed by atoms with Crippen LogP contribution in [0.25, 0.3) is 0 Å². The molecular weight excluding hydrogens is 250 g/mol. The minimum absolute atomic E-state index is 0.299. The van der Waals surface area contributed by atoms with Crippen molar-refractivity contribution < 1.29 is 4.74 Å². The Kier molecular flexibility index (Phi) is 4.97. The maximum Gasteiger partial charge on any atom is 0.162 e. The quantitative estimate of drug-likeness (QED) is 0.849. The van der Waals surface area contributed by atoms with Gasteiger partial charge in [-0.25, -0.2) is 9.97 Å². The van der Waals surface area contributed by atoms with Gasteiger partial charge in [0.05, 0.1) is 0 Å². The van der Waals surface area contributed by atoms with Gasteiger partial charge in [-0.05, 0) is 18.8 Å². The van der Waals surface area contributed by atoms with Crippen molar-refractivity contribution in [2.45, 2.75) is 63.9 Å². The molecule has 0 aliphatic heterocycles. The van der Waals surface area contributed by atoms with Crippen molar-refractivity contribution in [1.29, 1.82) is 0 Å². The van der Waals surface area contributed by atoms with Crippen molar-refractivity contribution in [2.24, 2.45) is 0 Å². The second-order valence-electron chi connectivity index (χ2n) is 6.02. The lowest BCUT2D eigenvalue weighted by atomic mass is 9.92. The van der Waals surface area contributed by atoms with E-state index in [0.717, 1.165) is 30.2 Å². The van der Waals surface area contributed by atoms with Crippen LogP contribution in [-0.2, 0) is 10.3 Å². The molecule has 0 unspecified atom stereocenters. The van der Waals surface area contributed by atoms with Crippen LogP contribution >= 0.6 is 0 Å². The number of aromatic nitrogens is 2. The van der Waals surface area contributed by atoms with Gasteiger partial charge in [0, 0.05) is 25.9 Å². The molecule has 1 N–H and O–H groups in total. The van der Waals surface area contributed by atoms with Gasteiger partial charge in [0.25, 0.3) is 0 Å². The number of nitrogens with one attached hydrogen (secondary N) is 1. The van der Waals surface area contributed by atoms with Gasteiger partial charge in [-0.3, -0.25) is 0 Å². The zero-order valence-corrected chi connectivity index (χ0v) is 13.2. The van der Waals surface area contributed by atoms with Crippen LogP contribution in [0.3, 0.4) is 0 Å². The first-order valence-electron chi connectivity index (χ1n) is 7.73. The minimum Gasteiger partial charge on any atom is -0.373 e. The zero-order valence-electron chi connectivity index (χ0n) is 13.2. The van der Waals surface area contributed by atoms with Crippen molar-refractivity contribution in [1.82, 2.24) is 9.97 Å². The molecule has 112 valence electrons. The molecular formula is C16H27N3O. The molecule has 1 saturated carbocycles. The fourth-order valence-corrected chi connectivity index (χ4v) is 2.91. The van der Waals surface area contributed by atoms with Gasteiger partial charge in [0.15, 0.2) is 5.82 Å². The lowest BCUT2D eigenvalue weighted by Crippen LogP contribution is -2.31. The summed E-state index contributed by atoms with van der Waals surface area (Å²) in [7, 11) is 3.71. The highest BCUT2D eigenvalue weighted by atomic mass is 16.5. The molecule has 0 saturated heterocycles. The molecule has 4 heteroatoms. The van der Waals surface area contributed by atoms with Gasteiger partial charge in [-0.1, -0.05) is 39.5 Å². The molecule has 20 heavy (non-hydrogen) atoms. The summed E-state index contributed by atoms with van der Waals surface area (Å²) in [6, 6.07) is 2.04. The Morgan fingerprint density at radius 2 is 1.80 bits per heavy atom. The van der Waals surface area contributed by atoms with E-state index in [0.29, 0.717) is 5.92 Å². The third-order valence-electron chi connectivity index (χ3n) is 4.30. The number of anilines is 1. The molecule has 0 radical (unpaired) electrons. The van der Waals surface area contributed by atoms with Crippen LogP contribution < -0.4 is 5.32 Å². The normalized spacial score (nSPS) is 18.9. The van der Waals surface area contributed by atoms with E-state index in [-0.39, 0.29) is 5.60 Å². The molecule has 0 bridgehead atoms. The van der Waals surface area contributed by atoms with E-state index in [2.05, 4.69) is 19.2 Å². The van der Waals surface area contributed by atoms with E-state index < -0.39 is 0 Å². The summed E-state index contributed by atoms with van der Waals surface area (Å²) in [5.41, 5.74) is 0.785. The summed E-state index contributed by atoms with van der Waals surface area (Å²) in [6.45, 7) is 4.33. The molecule has 1 aromatic rings. The van der Waals surface area contributed by atoms with Crippen LogP contribution in [0, 0.1) is 0 Å². The molecule has 1 fully saturated rings. The van der Waals surface area contributed by atoms with Crippen LogP contribution in [-0.4, -0.2) is 24.1 Å². The molecule has 0 aromatic carbocycles. The van der Waals surface area contributed by atoms with Crippen LogP contribution in [0.5, 0.6) is 0 Å². The summed E-state index contributed by atoms with van der Waals surface area (Å²) in [6.07, 6.45) is 7.00. The first-order chi connectivity index (χ1) is 9.61. The Hall–Kier alpha value is -1.16. The van der Waals surface area contributed by atoms with Crippen LogP contribution in [0.4, 0.5) is 5.82 Å². The predicted molar refractivity (Wildman–Crippen MR) is 82.1 cm³/mol. The lowest BCUT2D eigenvalue weighted by molar-refractivity contribution is -0.0352. The maximum atomic E-state index is 5.93. The van der Waals surface area contributed by atoms with Crippen LogP contribution in [0.15, 0.2) is 6.07 Å². The monoisotopic (exact) mass is 277 g/mol. The molecule has 4 nitrogen and oxygen atoms in total. The van der Waals surface area contributed by atoms with Crippen LogP contribution in [0.1, 0.15) is 69.8 Å². The first kappa shape index (κ1) is 15.2. The Balaban J connectivity index is 2.44. The molecule has 2 rings (SSSR count). The van der Waals surface area contributed by atoms with Gasteiger partial charge in [-0.2, -0.15) is 0 Å². The Morgan fingerprint density at radius 1 is 1.15 bits per heavy atom. The number of rotatable bonds is 4. The summed E-state index contributed by atoms with van der Waals surface area (Å²) in [5, 5.41) is 3.15. The van der Waals surface area contributed by atoms with E-state index in [4.69, 9.17) is 14.7 Å². The molecule has 0 amide bonds. The zero-order chi connectivity index (χ0) is 14.6. The number of nitrogens with zero attached hydrogens (tertiary/aromatic N) is 2. The lowest BCUT2D eigenvalue weighted by Gasteiger charge is -2.30. The van der Waals surface area contributed by atoms with Gasteiger partial charge >= 0.3 is 0 Å². The van der Waals surface area contributed by atoms with Gasteiger partial charge in [0.2, 0.25) is 0 Å². The third kappa shape index (κ3) is 3.11. The average molecular weight is 277 g/mol. The Bertz CT molecular complexity index is 437. The topological polar surface area (TPSA) is 47.0 Å². The first-order valence-corrected chi connectivity index (χ1v) is 7.73. The van der Waals surface area contributed by atoms with Crippen molar-refractivity contribution >= 4 is 5.82 Å². The fraction of sp³-hybridized carbons (Fsp3) is 0.750. The SMILES string of the molecule is CNc1cc(C(C)C)nc(C2(OC)CCCCCC2)n1. The predicted octanol–water partition coefficient (Wildman–Crippen LogP) is 3.84. The largest absolute Gasteiger partial charge is 0.373 e. The summed E-state index contributed by atoms with van der Waals surface area (Å²) < 4.78 is 5.93. The number of hydrogen-bond acceptors (Lipinski definition) is 4. The van der Waals surface area contributed by atoms with E-state index in [1.54, 1.807) is 7.11 Å². The highest BCUT2D eigenvalue weighted by Crippen LogP contribution is 2.38. The molecule has 0 atom stereocenters. The number of ether oxygens (including phenoxy) is 1. The maximum absolute atomic E-state index is 5.93. The smallest absolute Gasteiger partial charge is 0.162 e. The highest BCUT2D eigenvalue weighted by Gasteiger charge is 2.36. The highest BCUT2D eigenvalue weighted by molar-refractivity contribution is 5.37. The number of methoxy groups -OCH3 is 1. The van der Waals surface area contributed by atoms with Gasteiger partial charge < -0.3 is 10.1 Å². The van der Waals surface area contributed by atoms with E-state index >= 15 is 0 Å². The Morgan fingerprint density at radius 3 is 2.30 bits per heavy atom. The molecule has 0 spiro atoms. The molecule has 1 aromatic heterocycles.